The fourth-order valence-corrected chi connectivity index (χ4v) is 1.54. The molecular weight excluding hydrogens is 276 g/mol. The van der Waals surface area contributed by atoms with Crippen molar-refractivity contribution in [3.63, 3.8) is 0 Å². The van der Waals surface area contributed by atoms with Gasteiger partial charge in [-0.2, -0.15) is 15.0 Å². The number of benzene rings is 1. The van der Waals surface area contributed by atoms with Gasteiger partial charge < -0.3 is 4.74 Å². The van der Waals surface area contributed by atoms with Gasteiger partial charge >= 0.3 is 6.01 Å². The molecule has 0 spiro atoms. The minimum absolute atomic E-state index is 0.0336. The van der Waals surface area contributed by atoms with E-state index in [-0.39, 0.29) is 28.8 Å². The first-order valence-corrected chi connectivity index (χ1v) is 5.87. The van der Waals surface area contributed by atoms with Crippen LogP contribution in [0.25, 0.3) is 11.4 Å². The lowest BCUT2D eigenvalue weighted by molar-refractivity contribution is 0.222. The quantitative estimate of drug-likeness (QED) is 0.868. The fourth-order valence-electron chi connectivity index (χ4n) is 1.38. The van der Waals surface area contributed by atoms with E-state index >= 15 is 0 Å². The summed E-state index contributed by atoms with van der Waals surface area (Å²) in [6, 6.07) is 2.95. The molecule has 1 aromatic carbocycles. The van der Waals surface area contributed by atoms with E-state index in [0.717, 1.165) is 18.2 Å². The van der Waals surface area contributed by atoms with E-state index < -0.39 is 11.6 Å². The number of hydrogen-bond donors (Lipinski definition) is 0. The Balaban J connectivity index is 2.49. The molecule has 0 bridgehead atoms. The van der Waals surface area contributed by atoms with Crippen LogP contribution in [0.15, 0.2) is 18.2 Å². The van der Waals surface area contributed by atoms with Crippen molar-refractivity contribution in [1.82, 2.24) is 15.0 Å². The predicted octanol–water partition coefficient (Wildman–Crippen LogP) is 3.26. The average molecular weight is 286 g/mol. The van der Waals surface area contributed by atoms with Crippen LogP contribution in [0.5, 0.6) is 6.01 Å². The van der Waals surface area contributed by atoms with E-state index in [9.17, 15) is 8.78 Å². The van der Waals surface area contributed by atoms with Crippen LogP contribution in [0.3, 0.4) is 0 Å². The maximum Gasteiger partial charge on any atom is 0.321 e. The number of halogens is 3. The van der Waals surface area contributed by atoms with E-state index in [0.29, 0.717) is 0 Å². The summed E-state index contributed by atoms with van der Waals surface area (Å²) in [4.78, 5) is 11.4. The van der Waals surface area contributed by atoms with E-state index in [1.165, 1.54) is 0 Å². The van der Waals surface area contributed by atoms with E-state index in [1.54, 1.807) is 13.8 Å². The summed E-state index contributed by atoms with van der Waals surface area (Å²) < 4.78 is 32.0. The van der Waals surface area contributed by atoms with Crippen molar-refractivity contribution in [3.8, 4) is 17.4 Å². The smallest absolute Gasteiger partial charge is 0.321 e. The first-order chi connectivity index (χ1) is 8.95. The molecule has 1 aromatic heterocycles. The molecule has 4 nitrogen and oxygen atoms in total. The van der Waals surface area contributed by atoms with Gasteiger partial charge in [-0.3, -0.25) is 0 Å². The highest BCUT2D eigenvalue weighted by Crippen LogP contribution is 2.23. The van der Waals surface area contributed by atoms with Crippen molar-refractivity contribution >= 4 is 11.6 Å². The van der Waals surface area contributed by atoms with Crippen LogP contribution in [-0.4, -0.2) is 21.1 Å². The molecule has 19 heavy (non-hydrogen) atoms. The fraction of sp³-hybridized carbons (Fsp3) is 0.250. The summed E-state index contributed by atoms with van der Waals surface area (Å²) in [5.74, 6) is -1.33. The van der Waals surface area contributed by atoms with Crippen LogP contribution in [0, 0.1) is 11.6 Å². The van der Waals surface area contributed by atoms with Gasteiger partial charge in [0.25, 0.3) is 0 Å². The standard InChI is InChI=1S/C12H10ClF2N3O/c1-6(2)19-12-17-10(16-11(13)18-12)8-5-7(14)3-4-9(8)15/h3-6H,1-2H3. The largest absolute Gasteiger partial charge is 0.461 e. The lowest BCUT2D eigenvalue weighted by Crippen LogP contribution is -2.10. The lowest BCUT2D eigenvalue weighted by atomic mass is 10.2. The number of nitrogens with zero attached hydrogens (tertiary/aromatic N) is 3. The Kier molecular flexibility index (Phi) is 3.90. The summed E-state index contributed by atoms with van der Waals surface area (Å²) in [7, 11) is 0. The molecule has 0 aliphatic carbocycles. The molecule has 0 radical (unpaired) electrons. The van der Waals surface area contributed by atoms with Gasteiger partial charge in [0.2, 0.25) is 5.28 Å². The van der Waals surface area contributed by atoms with Crippen LogP contribution in [0.1, 0.15) is 13.8 Å². The average Bonchev–Trinajstić information content (AvgIpc) is 2.30. The van der Waals surface area contributed by atoms with Crippen LogP contribution in [-0.2, 0) is 0 Å². The normalized spacial score (nSPS) is 10.8. The third kappa shape index (κ3) is 3.35. The van der Waals surface area contributed by atoms with Gasteiger partial charge in [-0.05, 0) is 43.6 Å². The molecule has 2 rings (SSSR count). The van der Waals surface area contributed by atoms with Gasteiger partial charge in [0, 0.05) is 0 Å². The summed E-state index contributed by atoms with van der Waals surface area (Å²) in [5.41, 5.74) is -0.0992. The monoisotopic (exact) mass is 285 g/mol. The van der Waals surface area contributed by atoms with Gasteiger partial charge in [0.05, 0.1) is 11.7 Å². The minimum atomic E-state index is -0.654. The molecule has 7 heteroatoms. The Morgan fingerprint density at radius 2 is 1.89 bits per heavy atom. The van der Waals surface area contributed by atoms with E-state index in [4.69, 9.17) is 16.3 Å². The van der Waals surface area contributed by atoms with Crippen LogP contribution in [0.2, 0.25) is 5.28 Å². The highest BCUT2D eigenvalue weighted by atomic mass is 35.5. The number of ether oxygens (including phenoxy) is 1. The van der Waals surface area contributed by atoms with Gasteiger partial charge in [-0.15, -0.1) is 0 Å². The molecule has 0 unspecified atom stereocenters. The van der Waals surface area contributed by atoms with E-state index in [1.807, 2.05) is 0 Å². The maximum atomic E-state index is 13.6. The molecule has 100 valence electrons. The summed E-state index contributed by atoms with van der Waals surface area (Å²) in [5, 5.41) is -0.149. The summed E-state index contributed by atoms with van der Waals surface area (Å²) >= 11 is 5.72. The third-order valence-corrected chi connectivity index (χ3v) is 2.27. The second-order valence-electron chi connectivity index (χ2n) is 4.00. The van der Waals surface area contributed by atoms with Gasteiger partial charge in [0.1, 0.15) is 11.6 Å². The lowest BCUT2D eigenvalue weighted by Gasteiger charge is -2.09. The minimum Gasteiger partial charge on any atom is -0.461 e. The first kappa shape index (κ1) is 13.6. The Hall–Kier alpha value is -1.82. The zero-order valence-electron chi connectivity index (χ0n) is 10.2. The van der Waals surface area contributed by atoms with Crippen LogP contribution < -0.4 is 4.74 Å². The summed E-state index contributed by atoms with van der Waals surface area (Å²) in [6.07, 6.45) is -0.177. The zero-order valence-corrected chi connectivity index (χ0v) is 10.9. The van der Waals surface area contributed by atoms with Crippen LogP contribution >= 0.6 is 11.6 Å². The second-order valence-corrected chi connectivity index (χ2v) is 4.34. The molecule has 0 saturated carbocycles. The SMILES string of the molecule is CC(C)Oc1nc(Cl)nc(-c2cc(F)ccc2F)n1. The summed E-state index contributed by atoms with van der Waals surface area (Å²) in [6.45, 7) is 3.56. The van der Waals surface area contributed by atoms with Crippen molar-refractivity contribution in [2.45, 2.75) is 20.0 Å². The molecular formula is C12H10ClF2N3O. The predicted molar refractivity (Wildman–Crippen MR) is 66.0 cm³/mol. The molecule has 2 aromatic rings. The Morgan fingerprint density at radius 3 is 2.58 bits per heavy atom. The maximum absolute atomic E-state index is 13.6. The molecule has 0 amide bonds. The van der Waals surface area contributed by atoms with Crippen molar-refractivity contribution in [1.29, 1.82) is 0 Å². The van der Waals surface area contributed by atoms with Crippen molar-refractivity contribution in [3.05, 3.63) is 35.1 Å². The Labute approximate surface area is 113 Å². The highest BCUT2D eigenvalue weighted by molar-refractivity contribution is 6.28. The van der Waals surface area contributed by atoms with Crippen molar-refractivity contribution in [2.24, 2.45) is 0 Å². The number of hydrogen-bond acceptors (Lipinski definition) is 4. The number of rotatable bonds is 3. The third-order valence-electron chi connectivity index (χ3n) is 2.10. The van der Waals surface area contributed by atoms with Crippen molar-refractivity contribution in [2.75, 3.05) is 0 Å². The van der Waals surface area contributed by atoms with E-state index in [2.05, 4.69) is 15.0 Å². The van der Waals surface area contributed by atoms with Gasteiger partial charge in [-0.1, -0.05) is 0 Å². The molecule has 0 atom stereocenters. The van der Waals surface area contributed by atoms with Crippen LogP contribution in [0.4, 0.5) is 8.78 Å². The second kappa shape index (κ2) is 5.44. The molecule has 1 heterocycles. The topological polar surface area (TPSA) is 47.9 Å². The Morgan fingerprint density at radius 1 is 1.16 bits per heavy atom. The zero-order chi connectivity index (χ0) is 14.0. The highest BCUT2D eigenvalue weighted by Gasteiger charge is 2.14. The molecule has 0 fully saturated rings. The molecule has 0 aliphatic heterocycles. The van der Waals surface area contributed by atoms with Crippen molar-refractivity contribution < 1.29 is 13.5 Å². The number of aromatic nitrogens is 3. The molecule has 0 aliphatic rings. The molecule has 0 N–H and O–H groups in total. The first-order valence-electron chi connectivity index (χ1n) is 5.49. The Bertz CT molecular complexity index is 608. The van der Waals surface area contributed by atoms with Gasteiger partial charge in [-0.25, -0.2) is 8.78 Å². The van der Waals surface area contributed by atoms with Gasteiger partial charge in [0.15, 0.2) is 5.82 Å². The molecule has 0 saturated heterocycles.